The Hall–Kier alpha value is -1.40. The molecule has 0 atom stereocenters. The summed E-state index contributed by atoms with van der Waals surface area (Å²) < 4.78 is 0. The van der Waals surface area contributed by atoms with Gasteiger partial charge in [0.2, 0.25) is 5.91 Å². The molecule has 1 aromatic rings. The number of carbonyl (C=O) groups is 2. The highest BCUT2D eigenvalue weighted by Crippen LogP contribution is 2.27. The summed E-state index contributed by atoms with van der Waals surface area (Å²) in [6.07, 6.45) is 1.33. The van der Waals surface area contributed by atoms with E-state index in [0.717, 1.165) is 11.3 Å². The standard InChI is InChI=1S/C14H20N2O3S/c1-3-10-8-11(20-9(10)2)12(17)16-6-4-14(19,5-7-16)13(15)18/h8,19H,3-7H2,1-2H3,(H2,15,18). The number of primary amides is 1. The monoisotopic (exact) mass is 296 g/mol. The van der Waals surface area contributed by atoms with Crippen molar-refractivity contribution >= 4 is 23.2 Å². The summed E-state index contributed by atoms with van der Waals surface area (Å²) in [7, 11) is 0. The summed E-state index contributed by atoms with van der Waals surface area (Å²) >= 11 is 1.50. The van der Waals surface area contributed by atoms with E-state index in [1.165, 1.54) is 21.8 Å². The third-order valence-corrected chi connectivity index (χ3v) is 5.03. The van der Waals surface area contributed by atoms with Crippen molar-refractivity contribution < 1.29 is 14.7 Å². The molecule has 5 nitrogen and oxygen atoms in total. The SMILES string of the molecule is CCc1cc(C(=O)N2CCC(O)(C(N)=O)CC2)sc1C. The van der Waals surface area contributed by atoms with E-state index in [9.17, 15) is 14.7 Å². The molecule has 20 heavy (non-hydrogen) atoms. The van der Waals surface area contributed by atoms with Gasteiger partial charge in [0.1, 0.15) is 5.60 Å². The Labute approximate surface area is 122 Å². The largest absolute Gasteiger partial charge is 0.380 e. The van der Waals surface area contributed by atoms with Crippen molar-refractivity contribution in [2.24, 2.45) is 5.73 Å². The Morgan fingerprint density at radius 1 is 1.45 bits per heavy atom. The van der Waals surface area contributed by atoms with Gasteiger partial charge in [-0.1, -0.05) is 6.92 Å². The quantitative estimate of drug-likeness (QED) is 0.875. The van der Waals surface area contributed by atoms with E-state index in [1.807, 2.05) is 13.0 Å². The molecule has 1 aliphatic rings. The van der Waals surface area contributed by atoms with Gasteiger partial charge < -0.3 is 15.7 Å². The second-order valence-electron chi connectivity index (χ2n) is 5.23. The number of likely N-dealkylation sites (tertiary alicyclic amines) is 1. The highest BCUT2D eigenvalue weighted by Gasteiger charge is 2.39. The minimum absolute atomic E-state index is 0.0238. The lowest BCUT2D eigenvalue weighted by Crippen LogP contribution is -2.53. The molecule has 2 heterocycles. The summed E-state index contributed by atoms with van der Waals surface area (Å²) in [5, 5.41) is 10.00. The van der Waals surface area contributed by atoms with Crippen LogP contribution in [0.1, 0.15) is 39.9 Å². The minimum atomic E-state index is -1.46. The predicted octanol–water partition coefficient (Wildman–Crippen LogP) is 1.07. The van der Waals surface area contributed by atoms with Crippen molar-refractivity contribution in [2.75, 3.05) is 13.1 Å². The first-order chi connectivity index (χ1) is 9.37. The van der Waals surface area contributed by atoms with Crippen molar-refractivity contribution in [3.63, 3.8) is 0 Å². The Kier molecular flexibility index (Phi) is 4.15. The van der Waals surface area contributed by atoms with Gasteiger partial charge in [0.05, 0.1) is 4.88 Å². The summed E-state index contributed by atoms with van der Waals surface area (Å²) in [5.74, 6) is -0.728. The molecule has 2 rings (SSSR count). The zero-order valence-corrected chi connectivity index (χ0v) is 12.6. The summed E-state index contributed by atoms with van der Waals surface area (Å²) in [6.45, 7) is 4.80. The molecule has 1 fully saturated rings. The summed E-state index contributed by atoms with van der Waals surface area (Å²) in [5.41, 5.74) is 4.92. The zero-order chi connectivity index (χ0) is 14.9. The number of hydrogen-bond acceptors (Lipinski definition) is 4. The smallest absolute Gasteiger partial charge is 0.263 e. The number of hydrogen-bond donors (Lipinski definition) is 2. The number of piperidine rings is 1. The molecule has 2 amide bonds. The van der Waals surface area contributed by atoms with Gasteiger partial charge >= 0.3 is 0 Å². The van der Waals surface area contributed by atoms with Crippen LogP contribution in [-0.2, 0) is 11.2 Å². The highest BCUT2D eigenvalue weighted by atomic mass is 32.1. The molecular formula is C14H20N2O3S. The second kappa shape index (κ2) is 5.54. The third kappa shape index (κ3) is 2.71. The van der Waals surface area contributed by atoms with Crippen LogP contribution in [0.5, 0.6) is 0 Å². The van der Waals surface area contributed by atoms with Gasteiger partial charge in [-0.3, -0.25) is 9.59 Å². The van der Waals surface area contributed by atoms with E-state index < -0.39 is 11.5 Å². The van der Waals surface area contributed by atoms with Crippen LogP contribution in [0.3, 0.4) is 0 Å². The van der Waals surface area contributed by atoms with Gasteiger partial charge in [-0.25, -0.2) is 0 Å². The molecule has 1 aliphatic heterocycles. The average molecular weight is 296 g/mol. The molecule has 1 aromatic heterocycles. The Morgan fingerprint density at radius 2 is 2.05 bits per heavy atom. The molecule has 0 saturated carbocycles. The lowest BCUT2D eigenvalue weighted by Gasteiger charge is -2.35. The fourth-order valence-electron chi connectivity index (χ4n) is 2.46. The minimum Gasteiger partial charge on any atom is -0.380 e. The molecule has 110 valence electrons. The van der Waals surface area contributed by atoms with Crippen molar-refractivity contribution in [2.45, 2.75) is 38.7 Å². The van der Waals surface area contributed by atoms with Gasteiger partial charge in [0, 0.05) is 30.8 Å². The number of nitrogens with zero attached hydrogens (tertiary/aromatic N) is 1. The number of amides is 2. The maximum absolute atomic E-state index is 12.4. The van der Waals surface area contributed by atoms with Crippen LogP contribution >= 0.6 is 11.3 Å². The number of aliphatic hydroxyl groups is 1. The van der Waals surface area contributed by atoms with Crippen LogP contribution in [0.25, 0.3) is 0 Å². The number of carbonyl (C=O) groups excluding carboxylic acids is 2. The Balaban J connectivity index is 2.06. The van der Waals surface area contributed by atoms with Crippen molar-refractivity contribution in [1.29, 1.82) is 0 Å². The van der Waals surface area contributed by atoms with Gasteiger partial charge in [0.25, 0.3) is 5.91 Å². The van der Waals surface area contributed by atoms with Gasteiger partial charge in [-0.05, 0) is 25.0 Å². The molecule has 1 saturated heterocycles. The molecule has 0 spiro atoms. The van der Waals surface area contributed by atoms with E-state index in [0.29, 0.717) is 13.1 Å². The molecular weight excluding hydrogens is 276 g/mol. The van der Waals surface area contributed by atoms with Gasteiger partial charge in [-0.15, -0.1) is 11.3 Å². The Morgan fingerprint density at radius 3 is 2.50 bits per heavy atom. The fourth-order valence-corrected chi connectivity index (χ4v) is 3.54. The topological polar surface area (TPSA) is 83.6 Å². The van der Waals surface area contributed by atoms with Crippen molar-refractivity contribution in [3.05, 3.63) is 21.4 Å². The molecule has 0 radical (unpaired) electrons. The lowest BCUT2D eigenvalue weighted by molar-refractivity contribution is -0.140. The van der Waals surface area contributed by atoms with Crippen LogP contribution in [0.2, 0.25) is 0 Å². The van der Waals surface area contributed by atoms with Crippen molar-refractivity contribution in [1.82, 2.24) is 4.90 Å². The third-order valence-electron chi connectivity index (χ3n) is 3.95. The molecule has 6 heteroatoms. The van der Waals surface area contributed by atoms with Crippen LogP contribution in [0.15, 0.2) is 6.07 Å². The number of thiophene rings is 1. The van der Waals surface area contributed by atoms with E-state index in [4.69, 9.17) is 5.73 Å². The van der Waals surface area contributed by atoms with Gasteiger partial charge in [0.15, 0.2) is 0 Å². The zero-order valence-electron chi connectivity index (χ0n) is 11.8. The normalized spacial score (nSPS) is 18.1. The van der Waals surface area contributed by atoms with E-state index >= 15 is 0 Å². The van der Waals surface area contributed by atoms with Crippen LogP contribution in [0, 0.1) is 6.92 Å². The number of aryl methyl sites for hydroxylation is 2. The first-order valence-electron chi connectivity index (χ1n) is 6.78. The number of nitrogens with two attached hydrogens (primary N) is 1. The van der Waals surface area contributed by atoms with E-state index in [2.05, 4.69) is 6.92 Å². The molecule has 0 unspecified atom stereocenters. The second-order valence-corrected chi connectivity index (χ2v) is 6.49. The molecule has 0 aliphatic carbocycles. The van der Waals surface area contributed by atoms with Crippen LogP contribution in [0.4, 0.5) is 0 Å². The first kappa shape index (κ1) is 15.0. The van der Waals surface area contributed by atoms with E-state index in [1.54, 1.807) is 4.90 Å². The average Bonchev–Trinajstić information content (AvgIpc) is 2.80. The maximum atomic E-state index is 12.4. The predicted molar refractivity (Wildman–Crippen MR) is 77.7 cm³/mol. The fraction of sp³-hybridized carbons (Fsp3) is 0.571. The van der Waals surface area contributed by atoms with Crippen molar-refractivity contribution in [3.8, 4) is 0 Å². The first-order valence-corrected chi connectivity index (χ1v) is 7.60. The van der Waals surface area contributed by atoms with Gasteiger partial charge in [-0.2, -0.15) is 0 Å². The van der Waals surface area contributed by atoms with Crippen LogP contribution in [-0.4, -0.2) is 40.5 Å². The molecule has 3 N–H and O–H groups in total. The van der Waals surface area contributed by atoms with Crippen LogP contribution < -0.4 is 5.73 Å². The Bertz CT molecular complexity index is 531. The number of rotatable bonds is 3. The lowest BCUT2D eigenvalue weighted by atomic mass is 9.91. The summed E-state index contributed by atoms with van der Waals surface area (Å²) in [4.78, 5) is 27.2. The summed E-state index contributed by atoms with van der Waals surface area (Å²) in [6, 6.07) is 1.94. The maximum Gasteiger partial charge on any atom is 0.263 e. The highest BCUT2D eigenvalue weighted by molar-refractivity contribution is 7.14. The molecule has 0 aromatic carbocycles. The molecule has 0 bridgehead atoms. The van der Waals surface area contributed by atoms with E-state index in [-0.39, 0.29) is 18.7 Å².